The van der Waals surface area contributed by atoms with Crippen molar-refractivity contribution < 1.29 is 27.1 Å². The standard InChI is InChI=1S/C16H13F4NO2/c1-10(23-12-6-4-5-11(17)9-12)15(22)21-14-8-3-2-7-13(14)16(18,19)20/h2-10H,1H3,(H,21,22). The molecule has 2 rings (SSSR count). The van der Waals surface area contributed by atoms with Crippen molar-refractivity contribution in [3.05, 3.63) is 59.9 Å². The van der Waals surface area contributed by atoms with Crippen LogP contribution in [0.15, 0.2) is 48.5 Å². The summed E-state index contributed by atoms with van der Waals surface area (Å²) in [6, 6.07) is 9.74. The van der Waals surface area contributed by atoms with Gasteiger partial charge in [-0.2, -0.15) is 13.2 Å². The number of amides is 1. The number of halogens is 4. The first-order chi connectivity index (χ1) is 10.8. The van der Waals surface area contributed by atoms with E-state index in [0.29, 0.717) is 0 Å². The van der Waals surface area contributed by atoms with Gasteiger partial charge in [0.15, 0.2) is 6.10 Å². The fraction of sp³-hybridized carbons (Fsp3) is 0.188. The summed E-state index contributed by atoms with van der Waals surface area (Å²) in [5.74, 6) is -1.21. The Hall–Kier alpha value is -2.57. The molecule has 0 aliphatic carbocycles. The van der Waals surface area contributed by atoms with E-state index in [1.807, 2.05) is 0 Å². The van der Waals surface area contributed by atoms with Crippen LogP contribution in [0, 0.1) is 5.82 Å². The van der Waals surface area contributed by atoms with E-state index >= 15 is 0 Å². The Balaban J connectivity index is 2.10. The van der Waals surface area contributed by atoms with Crippen LogP contribution in [0.1, 0.15) is 12.5 Å². The third-order valence-electron chi connectivity index (χ3n) is 2.97. The average molecular weight is 327 g/mol. The van der Waals surface area contributed by atoms with Gasteiger partial charge in [0, 0.05) is 6.07 Å². The van der Waals surface area contributed by atoms with Crippen LogP contribution in [-0.2, 0) is 11.0 Å². The Morgan fingerprint density at radius 3 is 2.48 bits per heavy atom. The molecule has 0 fully saturated rings. The van der Waals surface area contributed by atoms with Crippen molar-refractivity contribution in [3.8, 4) is 5.75 Å². The number of hydrogen-bond acceptors (Lipinski definition) is 2. The van der Waals surface area contributed by atoms with Crippen LogP contribution in [0.3, 0.4) is 0 Å². The molecule has 1 N–H and O–H groups in total. The highest BCUT2D eigenvalue weighted by atomic mass is 19.4. The Kier molecular flexibility index (Phi) is 4.88. The Morgan fingerprint density at radius 1 is 1.13 bits per heavy atom. The van der Waals surface area contributed by atoms with Crippen LogP contribution >= 0.6 is 0 Å². The fourth-order valence-corrected chi connectivity index (χ4v) is 1.87. The van der Waals surface area contributed by atoms with E-state index in [0.717, 1.165) is 18.2 Å². The van der Waals surface area contributed by atoms with Crippen molar-refractivity contribution in [1.82, 2.24) is 0 Å². The van der Waals surface area contributed by atoms with Crippen molar-refractivity contribution >= 4 is 11.6 Å². The first kappa shape index (κ1) is 16.8. The molecule has 3 nitrogen and oxygen atoms in total. The second-order valence-electron chi connectivity index (χ2n) is 4.75. The molecule has 0 aliphatic heterocycles. The highest BCUT2D eigenvalue weighted by molar-refractivity contribution is 5.94. The fourth-order valence-electron chi connectivity index (χ4n) is 1.87. The predicted octanol–water partition coefficient (Wildman–Crippen LogP) is 4.25. The maximum atomic E-state index is 13.0. The predicted molar refractivity (Wildman–Crippen MR) is 76.6 cm³/mol. The maximum absolute atomic E-state index is 13.0. The number of nitrogens with one attached hydrogen (secondary N) is 1. The van der Waals surface area contributed by atoms with Gasteiger partial charge in [0.05, 0.1) is 11.3 Å². The van der Waals surface area contributed by atoms with E-state index in [2.05, 4.69) is 5.32 Å². The molecule has 23 heavy (non-hydrogen) atoms. The van der Waals surface area contributed by atoms with Crippen LogP contribution < -0.4 is 10.1 Å². The summed E-state index contributed by atoms with van der Waals surface area (Å²) in [4.78, 5) is 12.0. The minimum atomic E-state index is -4.59. The third-order valence-corrected chi connectivity index (χ3v) is 2.97. The smallest absolute Gasteiger partial charge is 0.418 e. The zero-order chi connectivity index (χ0) is 17.0. The highest BCUT2D eigenvalue weighted by Gasteiger charge is 2.34. The summed E-state index contributed by atoms with van der Waals surface area (Å²) in [6.07, 6.45) is -5.69. The molecule has 0 aromatic heterocycles. The number of carbonyl (C=O) groups excluding carboxylic acids is 1. The number of para-hydroxylation sites is 1. The summed E-state index contributed by atoms with van der Waals surface area (Å²) < 4.78 is 56.9. The minimum absolute atomic E-state index is 0.108. The molecule has 1 amide bonds. The van der Waals surface area contributed by atoms with E-state index in [1.165, 1.54) is 37.3 Å². The second kappa shape index (κ2) is 6.68. The number of ether oxygens (including phenoxy) is 1. The lowest BCUT2D eigenvalue weighted by atomic mass is 10.1. The van der Waals surface area contributed by atoms with E-state index in [1.54, 1.807) is 0 Å². The first-order valence-corrected chi connectivity index (χ1v) is 6.66. The van der Waals surface area contributed by atoms with Gasteiger partial charge in [0.1, 0.15) is 11.6 Å². The van der Waals surface area contributed by atoms with E-state index in [-0.39, 0.29) is 11.4 Å². The van der Waals surface area contributed by atoms with Crippen LogP contribution in [0.2, 0.25) is 0 Å². The molecule has 0 radical (unpaired) electrons. The molecule has 0 spiro atoms. The Bertz CT molecular complexity index is 700. The maximum Gasteiger partial charge on any atom is 0.418 e. The largest absolute Gasteiger partial charge is 0.481 e. The average Bonchev–Trinajstić information content (AvgIpc) is 2.46. The van der Waals surface area contributed by atoms with Crippen LogP contribution in [0.25, 0.3) is 0 Å². The topological polar surface area (TPSA) is 38.3 Å². The van der Waals surface area contributed by atoms with Gasteiger partial charge >= 0.3 is 6.18 Å². The quantitative estimate of drug-likeness (QED) is 0.853. The molecule has 2 aromatic rings. The molecule has 0 bridgehead atoms. The second-order valence-corrected chi connectivity index (χ2v) is 4.75. The summed E-state index contributed by atoms with van der Waals surface area (Å²) in [5, 5.41) is 2.17. The SMILES string of the molecule is CC(Oc1cccc(F)c1)C(=O)Nc1ccccc1C(F)(F)F. The van der Waals surface area contributed by atoms with Gasteiger partial charge in [-0.15, -0.1) is 0 Å². The summed E-state index contributed by atoms with van der Waals surface area (Å²) in [6.45, 7) is 1.36. The molecule has 0 saturated carbocycles. The van der Waals surface area contributed by atoms with E-state index in [4.69, 9.17) is 4.74 Å². The molecule has 2 aromatic carbocycles. The third kappa shape index (κ3) is 4.45. The van der Waals surface area contributed by atoms with Gasteiger partial charge in [-0.1, -0.05) is 18.2 Å². The lowest BCUT2D eigenvalue weighted by Gasteiger charge is -2.17. The van der Waals surface area contributed by atoms with Gasteiger partial charge < -0.3 is 10.1 Å². The van der Waals surface area contributed by atoms with Gasteiger partial charge in [-0.3, -0.25) is 4.79 Å². The minimum Gasteiger partial charge on any atom is -0.481 e. The van der Waals surface area contributed by atoms with E-state index in [9.17, 15) is 22.4 Å². The molecule has 7 heteroatoms. The number of alkyl halides is 3. The number of carbonyl (C=O) groups is 1. The summed E-state index contributed by atoms with van der Waals surface area (Å²) in [5.41, 5.74) is -1.31. The number of anilines is 1. The lowest BCUT2D eigenvalue weighted by molar-refractivity contribution is -0.137. The van der Waals surface area contributed by atoms with Crippen LogP contribution in [-0.4, -0.2) is 12.0 Å². The zero-order valence-electron chi connectivity index (χ0n) is 12.0. The van der Waals surface area contributed by atoms with Crippen LogP contribution in [0.5, 0.6) is 5.75 Å². The Labute approximate surface area is 129 Å². The monoisotopic (exact) mass is 327 g/mol. The van der Waals surface area contributed by atoms with Crippen molar-refractivity contribution in [3.63, 3.8) is 0 Å². The molecular weight excluding hydrogens is 314 g/mol. The number of hydrogen-bond donors (Lipinski definition) is 1. The first-order valence-electron chi connectivity index (χ1n) is 6.66. The Morgan fingerprint density at radius 2 is 1.83 bits per heavy atom. The van der Waals surface area contributed by atoms with Gasteiger partial charge in [0.25, 0.3) is 5.91 Å². The van der Waals surface area contributed by atoms with Crippen molar-refractivity contribution in [2.24, 2.45) is 0 Å². The molecular formula is C16H13F4NO2. The van der Waals surface area contributed by atoms with Gasteiger partial charge in [0.2, 0.25) is 0 Å². The van der Waals surface area contributed by atoms with Gasteiger partial charge in [-0.05, 0) is 31.2 Å². The van der Waals surface area contributed by atoms with E-state index < -0.39 is 29.6 Å². The summed E-state index contributed by atoms with van der Waals surface area (Å²) >= 11 is 0. The summed E-state index contributed by atoms with van der Waals surface area (Å²) in [7, 11) is 0. The van der Waals surface area contributed by atoms with Crippen molar-refractivity contribution in [1.29, 1.82) is 0 Å². The molecule has 0 aliphatic rings. The lowest BCUT2D eigenvalue weighted by Crippen LogP contribution is -2.31. The number of rotatable bonds is 4. The molecule has 1 unspecified atom stereocenters. The number of benzene rings is 2. The molecule has 0 heterocycles. The van der Waals surface area contributed by atoms with Crippen molar-refractivity contribution in [2.75, 3.05) is 5.32 Å². The normalized spacial score (nSPS) is 12.6. The van der Waals surface area contributed by atoms with Crippen LogP contribution in [0.4, 0.5) is 23.2 Å². The zero-order valence-corrected chi connectivity index (χ0v) is 12.0. The van der Waals surface area contributed by atoms with Crippen molar-refractivity contribution in [2.45, 2.75) is 19.2 Å². The molecule has 0 saturated heterocycles. The molecule has 1 atom stereocenters. The molecule has 122 valence electrons. The highest BCUT2D eigenvalue weighted by Crippen LogP contribution is 2.34. The van der Waals surface area contributed by atoms with Gasteiger partial charge in [-0.25, -0.2) is 4.39 Å².